The molecule has 3 aromatic rings. The number of aryl methyl sites for hydroxylation is 2. The number of hydrogen-bond acceptors (Lipinski definition) is 0. The maximum absolute atomic E-state index is 3.53. The van der Waals surface area contributed by atoms with Crippen molar-refractivity contribution in [3.8, 4) is 11.1 Å². The Bertz CT molecular complexity index is 1230. The van der Waals surface area contributed by atoms with Crippen molar-refractivity contribution in [3.05, 3.63) is 81.9 Å². The summed E-state index contributed by atoms with van der Waals surface area (Å²) in [4.78, 5) is 0. The van der Waals surface area contributed by atoms with Crippen LogP contribution in [0.2, 0.25) is 19.6 Å². The predicted molar refractivity (Wildman–Crippen MR) is 174 cm³/mol. The Kier molecular flexibility index (Phi) is 14.4. The maximum atomic E-state index is 3.53. The summed E-state index contributed by atoms with van der Waals surface area (Å²) in [6, 6.07) is 19.7. The molecule has 0 saturated heterocycles. The second kappa shape index (κ2) is 15.4. The molecule has 4 heteroatoms. The van der Waals surface area contributed by atoms with Gasteiger partial charge in [0, 0.05) is 8.07 Å². The van der Waals surface area contributed by atoms with E-state index in [0.29, 0.717) is 0 Å². The van der Waals surface area contributed by atoms with Crippen LogP contribution in [-0.2, 0) is 41.5 Å². The molecule has 0 spiro atoms. The van der Waals surface area contributed by atoms with E-state index in [2.05, 4.69) is 124 Å². The van der Waals surface area contributed by atoms with Crippen LogP contribution in [-0.4, -0.2) is 11.3 Å². The SMILES string of the molecule is CC(C)(C)c1c[c-]c2c(c1)-c1cc(C(C)(C)C)ccc1C2.Cc1cc([Si](C)(C)C)c(C)[cH-]1.[Cl-].[Cl-].[Zr+2]=[C]1CCCCC1. The molecule has 2 aliphatic carbocycles. The normalized spacial score (nSPS) is 14.3. The second-order valence-corrected chi connectivity index (χ2v) is 21.6. The van der Waals surface area contributed by atoms with E-state index in [4.69, 9.17) is 0 Å². The van der Waals surface area contributed by atoms with Crippen molar-refractivity contribution in [1.29, 1.82) is 0 Å². The van der Waals surface area contributed by atoms with Crippen LogP contribution in [0.25, 0.3) is 11.1 Å². The molecular weight excluding hydrogens is 635 g/mol. The van der Waals surface area contributed by atoms with Crippen LogP contribution < -0.4 is 30.0 Å². The fraction of sp³-hybridized carbons (Fsp3) is 0.514. The van der Waals surface area contributed by atoms with Crippen LogP contribution in [0.5, 0.6) is 0 Å². The van der Waals surface area contributed by atoms with Crippen LogP contribution in [0.4, 0.5) is 0 Å². The van der Waals surface area contributed by atoms with Crippen molar-refractivity contribution in [3.63, 3.8) is 0 Å². The van der Waals surface area contributed by atoms with Gasteiger partial charge in [0.05, 0.1) is 0 Å². The van der Waals surface area contributed by atoms with Crippen LogP contribution in [0.1, 0.15) is 107 Å². The molecule has 0 heterocycles. The molecule has 0 nitrogen and oxygen atoms in total. The van der Waals surface area contributed by atoms with Crippen molar-refractivity contribution >= 4 is 16.5 Å². The van der Waals surface area contributed by atoms with Crippen molar-refractivity contribution in [2.24, 2.45) is 0 Å². The van der Waals surface area contributed by atoms with Gasteiger partial charge in [0.1, 0.15) is 0 Å². The van der Waals surface area contributed by atoms with E-state index in [1.54, 1.807) is 32.6 Å². The Morgan fingerprint density at radius 1 is 0.780 bits per heavy atom. The number of fused-ring (bicyclic) bond motifs is 3. The summed E-state index contributed by atoms with van der Waals surface area (Å²) in [6.45, 7) is 25.2. The molecule has 0 bridgehead atoms. The third-order valence-electron chi connectivity index (χ3n) is 8.03. The van der Waals surface area contributed by atoms with Gasteiger partial charge in [-0.1, -0.05) is 110 Å². The molecule has 0 unspecified atom stereocenters. The molecule has 2 aliphatic rings. The van der Waals surface area contributed by atoms with Gasteiger partial charge in [-0.15, -0.1) is 5.56 Å². The Hall–Kier alpha value is -0.660. The average Bonchev–Trinajstić information content (AvgIpc) is 3.37. The first-order chi connectivity index (χ1) is 18.0. The molecule has 1 saturated carbocycles. The van der Waals surface area contributed by atoms with Gasteiger partial charge in [-0.2, -0.15) is 51.7 Å². The number of rotatable bonds is 1. The summed E-state index contributed by atoms with van der Waals surface area (Å²) >= 11 is 1.69. The first-order valence-electron chi connectivity index (χ1n) is 15.0. The minimum absolute atomic E-state index is 0. The Labute approximate surface area is 281 Å². The van der Waals surface area contributed by atoms with E-state index < -0.39 is 8.07 Å². The summed E-state index contributed by atoms with van der Waals surface area (Å²) < 4.78 is 1.80. The topological polar surface area (TPSA) is 0 Å². The third-order valence-corrected chi connectivity index (χ3v) is 11.4. The standard InChI is InChI=1S/C21H25.C10H17Si.C6H10.2ClH.Zr/c1-20(2,3)16-9-7-14-11-15-8-10-17(21(4,5)6)13-19(15)18(14)12-16;1-8-6-9(2)10(7-8)11(3,4)5;1-2-4-6-5-3-1;;;/h7,9-10,12-13H,11H2,1-6H3;6-7H,1-5H3;1-5H2;2*1H;/q2*-1;;;;+2/p-2. The second-order valence-electron chi connectivity index (χ2n) is 14.9. The molecule has 5 rings (SSSR count). The van der Waals surface area contributed by atoms with Crippen molar-refractivity contribution in [2.45, 2.75) is 124 Å². The molecular formula is C37H52Cl2SiZr-2. The zero-order valence-corrected chi connectivity index (χ0v) is 32.5. The van der Waals surface area contributed by atoms with Crippen molar-refractivity contribution < 1.29 is 49.0 Å². The minimum atomic E-state index is -1.06. The summed E-state index contributed by atoms with van der Waals surface area (Å²) in [7, 11) is -1.06. The number of halogens is 2. The van der Waals surface area contributed by atoms with E-state index in [1.165, 1.54) is 76.6 Å². The molecule has 3 aromatic carbocycles. The zero-order chi connectivity index (χ0) is 29.2. The quantitative estimate of drug-likeness (QED) is 0.211. The third kappa shape index (κ3) is 10.8. The molecule has 0 N–H and O–H groups in total. The monoisotopic (exact) mass is 684 g/mol. The summed E-state index contributed by atoms with van der Waals surface area (Å²) in [5.41, 5.74) is 11.7. The molecule has 0 amide bonds. The Morgan fingerprint density at radius 2 is 1.34 bits per heavy atom. The first kappa shape index (κ1) is 38.4. The summed E-state index contributed by atoms with van der Waals surface area (Å²) in [5.74, 6) is 0. The molecule has 224 valence electrons. The zero-order valence-electron chi connectivity index (χ0n) is 27.5. The fourth-order valence-corrected chi connectivity index (χ4v) is 8.36. The van der Waals surface area contributed by atoms with Gasteiger partial charge >= 0.3 is 59.5 Å². The fourth-order valence-electron chi connectivity index (χ4n) is 5.57. The Morgan fingerprint density at radius 3 is 1.76 bits per heavy atom. The molecule has 0 aromatic heterocycles. The molecule has 41 heavy (non-hydrogen) atoms. The molecule has 0 aliphatic heterocycles. The van der Waals surface area contributed by atoms with Gasteiger partial charge in [-0.3, -0.25) is 0 Å². The van der Waals surface area contributed by atoms with Crippen LogP contribution in [0.3, 0.4) is 0 Å². The van der Waals surface area contributed by atoms with Gasteiger partial charge < -0.3 is 24.8 Å². The number of benzene rings is 2. The summed E-state index contributed by atoms with van der Waals surface area (Å²) in [5, 5.41) is 1.62. The van der Waals surface area contributed by atoms with E-state index in [-0.39, 0.29) is 35.6 Å². The van der Waals surface area contributed by atoms with Gasteiger partial charge in [0.25, 0.3) is 0 Å². The Balaban J connectivity index is 0.000000353. The first-order valence-corrected chi connectivity index (χ1v) is 19.7. The number of hydrogen-bond donors (Lipinski definition) is 0. The van der Waals surface area contributed by atoms with Crippen molar-refractivity contribution in [2.75, 3.05) is 0 Å². The van der Waals surface area contributed by atoms with Crippen LogP contribution in [0, 0.1) is 19.9 Å². The van der Waals surface area contributed by atoms with E-state index in [9.17, 15) is 0 Å². The van der Waals surface area contributed by atoms with Crippen molar-refractivity contribution in [1.82, 2.24) is 0 Å². The van der Waals surface area contributed by atoms with Crippen LogP contribution in [0.15, 0.2) is 42.5 Å². The van der Waals surface area contributed by atoms with Gasteiger partial charge in [-0.25, -0.2) is 6.07 Å². The van der Waals surface area contributed by atoms with E-state index >= 15 is 0 Å². The van der Waals surface area contributed by atoms with Gasteiger partial charge in [0.2, 0.25) is 0 Å². The summed E-state index contributed by atoms with van der Waals surface area (Å²) in [6.07, 6.45) is 8.34. The molecule has 0 radical (unpaired) electrons. The van der Waals surface area contributed by atoms with Gasteiger partial charge in [-0.05, 0) is 17.4 Å². The molecule has 0 atom stereocenters. The average molecular weight is 687 g/mol. The van der Waals surface area contributed by atoms with E-state index in [1.807, 2.05) is 0 Å². The predicted octanol–water partition coefficient (Wildman–Crippen LogP) is 3.90. The molecule has 1 fully saturated rings. The van der Waals surface area contributed by atoms with E-state index in [0.717, 1.165) is 6.42 Å². The van der Waals surface area contributed by atoms with Gasteiger partial charge in [0.15, 0.2) is 0 Å². The van der Waals surface area contributed by atoms with Crippen LogP contribution >= 0.6 is 0 Å².